The van der Waals surface area contributed by atoms with E-state index in [0.29, 0.717) is 22.5 Å². The molecule has 1 N–H and O–H groups in total. The first-order chi connectivity index (χ1) is 15.6. The summed E-state index contributed by atoms with van der Waals surface area (Å²) in [5, 5.41) is 10.7. The lowest BCUT2D eigenvalue weighted by molar-refractivity contribution is -0.160. The number of nitrogens with one attached hydrogen (secondary N) is 1. The van der Waals surface area contributed by atoms with Crippen LogP contribution >= 0.6 is 0 Å². The molecular formula is C23H21F3N4O2S. The third-order valence-corrected chi connectivity index (χ3v) is 8.15. The molecule has 2 aliphatic carbocycles. The molecule has 3 aromatic rings. The van der Waals surface area contributed by atoms with Gasteiger partial charge in [-0.2, -0.15) is 23.2 Å². The molecule has 2 aromatic heterocycles. The molecule has 5 rings (SSSR count). The van der Waals surface area contributed by atoms with Crippen molar-refractivity contribution in [2.75, 3.05) is 0 Å². The quantitative estimate of drug-likeness (QED) is 0.565. The van der Waals surface area contributed by atoms with Crippen LogP contribution in [0, 0.1) is 18.3 Å². The maximum absolute atomic E-state index is 13.2. The summed E-state index contributed by atoms with van der Waals surface area (Å²) in [7, 11) is -4.36. The second-order valence-corrected chi connectivity index (χ2v) is 10.5. The fourth-order valence-corrected chi connectivity index (χ4v) is 5.80. The zero-order valence-electron chi connectivity index (χ0n) is 17.8. The Morgan fingerprint density at radius 1 is 1.15 bits per heavy atom. The normalized spacial score (nSPS) is 18.2. The van der Waals surface area contributed by atoms with Gasteiger partial charge in [-0.25, -0.2) is 13.4 Å². The molecule has 2 saturated carbocycles. The van der Waals surface area contributed by atoms with Crippen LogP contribution in [0.15, 0.2) is 41.3 Å². The van der Waals surface area contributed by atoms with Crippen molar-refractivity contribution in [1.29, 1.82) is 5.26 Å². The lowest BCUT2D eigenvalue weighted by Crippen LogP contribution is -2.47. The van der Waals surface area contributed by atoms with E-state index in [1.165, 1.54) is 12.1 Å². The van der Waals surface area contributed by atoms with Crippen LogP contribution in [0.1, 0.15) is 49.4 Å². The molecule has 0 atom stereocenters. The maximum atomic E-state index is 13.2. The smallest absolute Gasteiger partial charge is 0.321 e. The SMILES string of the molecule is Cc1ccc2c(C#N)c(-c3ccc(S(=O)(=O)NC4(C(F)(F)F)CC4)cc3)n(C3CCC3)c2n1. The molecule has 0 amide bonds. The molecule has 0 saturated heterocycles. The fourth-order valence-electron chi connectivity index (χ4n) is 4.35. The molecule has 33 heavy (non-hydrogen) atoms. The number of hydrogen-bond acceptors (Lipinski definition) is 4. The topological polar surface area (TPSA) is 87.8 Å². The molecule has 172 valence electrons. The molecule has 0 spiro atoms. The van der Waals surface area contributed by atoms with E-state index in [-0.39, 0.29) is 23.8 Å². The Kier molecular flexibility index (Phi) is 4.85. The number of sulfonamides is 1. The zero-order chi connectivity index (χ0) is 23.6. The molecule has 1 aromatic carbocycles. The third-order valence-electron chi connectivity index (χ3n) is 6.60. The second-order valence-electron chi connectivity index (χ2n) is 8.82. The first-order valence-electron chi connectivity index (χ1n) is 10.7. The summed E-state index contributed by atoms with van der Waals surface area (Å²) in [5.41, 5.74) is 0.880. The Balaban J connectivity index is 1.58. The Morgan fingerprint density at radius 3 is 2.33 bits per heavy atom. The Labute approximate surface area is 189 Å². The highest BCUT2D eigenvalue weighted by atomic mass is 32.2. The van der Waals surface area contributed by atoms with Crippen LogP contribution in [0.3, 0.4) is 0 Å². The summed E-state index contributed by atoms with van der Waals surface area (Å²) < 4.78 is 68.9. The summed E-state index contributed by atoms with van der Waals surface area (Å²) in [6.45, 7) is 1.88. The number of halogens is 3. The van der Waals surface area contributed by atoms with E-state index in [9.17, 15) is 26.9 Å². The highest BCUT2D eigenvalue weighted by Gasteiger charge is 2.65. The Bertz CT molecular complexity index is 1390. The van der Waals surface area contributed by atoms with Crippen LogP contribution in [-0.4, -0.2) is 29.7 Å². The van der Waals surface area contributed by atoms with Crippen LogP contribution < -0.4 is 4.72 Å². The van der Waals surface area contributed by atoms with Crippen molar-refractivity contribution in [3.05, 3.63) is 47.7 Å². The molecule has 2 fully saturated rings. The van der Waals surface area contributed by atoms with E-state index in [0.717, 1.165) is 30.3 Å². The van der Waals surface area contributed by atoms with E-state index < -0.39 is 21.7 Å². The minimum Gasteiger partial charge on any atom is -0.321 e. The van der Waals surface area contributed by atoms with Gasteiger partial charge in [0, 0.05) is 17.1 Å². The van der Waals surface area contributed by atoms with E-state index in [1.54, 1.807) is 12.1 Å². The van der Waals surface area contributed by atoms with E-state index in [1.807, 2.05) is 23.8 Å². The number of alkyl halides is 3. The van der Waals surface area contributed by atoms with Gasteiger partial charge in [-0.3, -0.25) is 0 Å². The van der Waals surface area contributed by atoms with Crippen LogP contribution in [0.4, 0.5) is 13.2 Å². The number of aromatic nitrogens is 2. The number of benzene rings is 1. The van der Waals surface area contributed by atoms with Gasteiger partial charge in [-0.1, -0.05) is 12.1 Å². The molecule has 6 nitrogen and oxygen atoms in total. The van der Waals surface area contributed by atoms with Crippen molar-refractivity contribution in [3.63, 3.8) is 0 Å². The van der Waals surface area contributed by atoms with Gasteiger partial charge in [-0.15, -0.1) is 0 Å². The van der Waals surface area contributed by atoms with E-state index in [2.05, 4.69) is 15.6 Å². The number of nitriles is 1. The van der Waals surface area contributed by atoms with Gasteiger partial charge < -0.3 is 4.57 Å². The number of pyridine rings is 1. The van der Waals surface area contributed by atoms with Gasteiger partial charge in [0.25, 0.3) is 0 Å². The predicted octanol–water partition coefficient (Wildman–Crippen LogP) is 4.98. The number of nitrogens with zero attached hydrogens (tertiary/aromatic N) is 3. The minimum absolute atomic E-state index is 0.186. The molecule has 2 heterocycles. The van der Waals surface area contributed by atoms with Crippen LogP contribution in [0.5, 0.6) is 0 Å². The number of rotatable bonds is 5. The van der Waals surface area contributed by atoms with Crippen LogP contribution in [0.25, 0.3) is 22.3 Å². The van der Waals surface area contributed by atoms with Gasteiger partial charge in [-0.05, 0) is 68.9 Å². The van der Waals surface area contributed by atoms with Crippen molar-refractivity contribution >= 4 is 21.1 Å². The second kappa shape index (κ2) is 7.30. The summed E-state index contributed by atoms with van der Waals surface area (Å²) in [4.78, 5) is 4.41. The summed E-state index contributed by atoms with van der Waals surface area (Å²) in [5.74, 6) is 0. The lowest BCUT2D eigenvalue weighted by atomic mass is 9.92. The van der Waals surface area contributed by atoms with Crippen LogP contribution in [-0.2, 0) is 10.0 Å². The standard InChI is InChI=1S/C23H21F3N4O2S/c1-14-5-10-18-19(13-27)20(30(21(18)28-14)16-3-2-4-16)15-6-8-17(9-7-15)33(31,32)29-22(11-12-22)23(24,25)26/h5-10,16,29H,2-4,11-12H2,1H3. The summed E-state index contributed by atoms with van der Waals surface area (Å²) in [6, 6.07) is 11.8. The predicted molar refractivity (Wildman–Crippen MR) is 116 cm³/mol. The lowest BCUT2D eigenvalue weighted by Gasteiger charge is -2.29. The molecule has 10 heteroatoms. The molecule has 0 unspecified atom stereocenters. The van der Waals surface area contributed by atoms with Gasteiger partial charge in [0.2, 0.25) is 10.0 Å². The van der Waals surface area contributed by atoms with E-state index >= 15 is 0 Å². The van der Waals surface area contributed by atoms with Gasteiger partial charge in [0.05, 0.1) is 16.2 Å². The fraction of sp³-hybridized carbons (Fsp3) is 0.391. The number of hydrogen-bond donors (Lipinski definition) is 1. The van der Waals surface area contributed by atoms with Gasteiger partial charge in [0.1, 0.15) is 17.3 Å². The monoisotopic (exact) mass is 474 g/mol. The third kappa shape index (κ3) is 3.50. The molecular weight excluding hydrogens is 453 g/mol. The van der Waals surface area contributed by atoms with Gasteiger partial charge in [0.15, 0.2) is 0 Å². The average Bonchev–Trinajstić information content (AvgIpc) is 3.43. The highest BCUT2D eigenvalue weighted by molar-refractivity contribution is 7.89. The van der Waals surface area contributed by atoms with Crippen molar-refractivity contribution in [2.24, 2.45) is 0 Å². The number of aryl methyl sites for hydroxylation is 1. The molecule has 2 aliphatic rings. The average molecular weight is 475 g/mol. The summed E-state index contributed by atoms with van der Waals surface area (Å²) >= 11 is 0. The van der Waals surface area contributed by atoms with Crippen molar-refractivity contribution in [1.82, 2.24) is 14.3 Å². The van der Waals surface area contributed by atoms with Crippen molar-refractivity contribution in [2.45, 2.75) is 61.7 Å². The summed E-state index contributed by atoms with van der Waals surface area (Å²) in [6.07, 6.45) is -2.21. The molecule has 0 bridgehead atoms. The minimum atomic E-state index is -4.64. The highest BCUT2D eigenvalue weighted by Crippen LogP contribution is 2.50. The first-order valence-corrected chi connectivity index (χ1v) is 12.2. The zero-order valence-corrected chi connectivity index (χ0v) is 18.6. The van der Waals surface area contributed by atoms with Crippen molar-refractivity contribution in [3.8, 4) is 17.3 Å². The van der Waals surface area contributed by atoms with Gasteiger partial charge >= 0.3 is 6.18 Å². The molecule has 0 radical (unpaired) electrons. The first kappa shape index (κ1) is 21.9. The van der Waals surface area contributed by atoms with E-state index in [4.69, 9.17) is 0 Å². The largest absolute Gasteiger partial charge is 0.407 e. The van der Waals surface area contributed by atoms with Crippen LogP contribution in [0.2, 0.25) is 0 Å². The molecule has 0 aliphatic heterocycles. The Morgan fingerprint density at radius 2 is 1.82 bits per heavy atom. The Hall–Kier alpha value is -2.90. The maximum Gasteiger partial charge on any atom is 0.407 e. The van der Waals surface area contributed by atoms with Crippen molar-refractivity contribution < 1.29 is 21.6 Å². The number of fused-ring (bicyclic) bond motifs is 1.